The molecule has 0 unspecified atom stereocenters. The van der Waals surface area contributed by atoms with Gasteiger partial charge in [0.15, 0.2) is 0 Å². The van der Waals surface area contributed by atoms with Gasteiger partial charge in [-0.2, -0.15) is 0 Å². The summed E-state index contributed by atoms with van der Waals surface area (Å²) in [7, 11) is 4.06. The highest BCUT2D eigenvalue weighted by Crippen LogP contribution is 2.29. The van der Waals surface area contributed by atoms with Gasteiger partial charge < -0.3 is 14.5 Å². The summed E-state index contributed by atoms with van der Waals surface area (Å²) in [6.45, 7) is 5.02. The summed E-state index contributed by atoms with van der Waals surface area (Å²) in [6, 6.07) is 11.7. The number of rotatable bonds is 8. The van der Waals surface area contributed by atoms with Crippen LogP contribution < -0.4 is 4.74 Å². The third-order valence-corrected chi connectivity index (χ3v) is 7.16. The smallest absolute Gasteiger partial charge is 0.410 e. The highest BCUT2D eigenvalue weighted by Gasteiger charge is 2.26. The number of likely N-dealkylation sites (tertiary alicyclic amines) is 1. The molecule has 180 valence electrons. The first-order valence-corrected chi connectivity index (χ1v) is 12.4. The summed E-state index contributed by atoms with van der Waals surface area (Å²) in [5.74, 6) is 0.558. The lowest BCUT2D eigenvalue weighted by Crippen LogP contribution is -2.41. The fourth-order valence-corrected chi connectivity index (χ4v) is 4.84. The van der Waals surface area contributed by atoms with Gasteiger partial charge in [0.25, 0.3) is 0 Å². The molecule has 9 nitrogen and oxygen atoms in total. The van der Waals surface area contributed by atoms with Gasteiger partial charge in [-0.25, -0.2) is 9.48 Å². The molecule has 1 amide bonds. The van der Waals surface area contributed by atoms with E-state index in [1.165, 1.54) is 5.56 Å². The second-order valence-electron chi connectivity index (χ2n) is 8.75. The summed E-state index contributed by atoms with van der Waals surface area (Å²) >= 11 is 1.69. The third kappa shape index (κ3) is 6.54. The van der Waals surface area contributed by atoms with Crippen LogP contribution in [-0.4, -0.2) is 80.1 Å². The molecule has 0 radical (unpaired) electrons. The molecule has 0 aliphatic carbocycles. The number of carbonyl (C=O) groups excluding carboxylic acids is 1. The number of hydrogen-bond donors (Lipinski definition) is 0. The van der Waals surface area contributed by atoms with Crippen LogP contribution in [0.15, 0.2) is 47.8 Å². The molecule has 1 aliphatic rings. The molecule has 0 spiro atoms. The number of carbonyl (C=O) groups is 1. The fraction of sp³-hybridized carbons (Fsp3) is 0.458. The van der Waals surface area contributed by atoms with E-state index in [0.717, 1.165) is 48.8 Å². The lowest BCUT2D eigenvalue weighted by atomic mass is 10.1. The Morgan fingerprint density at radius 2 is 1.94 bits per heavy atom. The Hall–Kier alpha value is -2.98. The van der Waals surface area contributed by atoms with Gasteiger partial charge in [0.05, 0.1) is 6.54 Å². The van der Waals surface area contributed by atoms with Crippen LogP contribution >= 0.6 is 11.8 Å². The first-order chi connectivity index (χ1) is 16.5. The van der Waals surface area contributed by atoms with Crippen molar-refractivity contribution in [1.82, 2.24) is 35.0 Å². The quantitative estimate of drug-likeness (QED) is 0.484. The number of benzene rings is 1. The van der Waals surface area contributed by atoms with Gasteiger partial charge in [0.2, 0.25) is 5.16 Å². The molecule has 34 heavy (non-hydrogen) atoms. The van der Waals surface area contributed by atoms with E-state index in [0.29, 0.717) is 24.1 Å². The maximum atomic E-state index is 12.7. The number of amides is 1. The average molecular weight is 482 g/mol. The molecular formula is C24H31N7O2S. The fourth-order valence-electron chi connectivity index (χ4n) is 3.76. The summed E-state index contributed by atoms with van der Waals surface area (Å²) in [5, 5.41) is 13.3. The van der Waals surface area contributed by atoms with Crippen LogP contribution in [0.25, 0.3) is 0 Å². The molecule has 0 N–H and O–H groups in total. The van der Waals surface area contributed by atoms with Crippen molar-refractivity contribution >= 4 is 17.9 Å². The first-order valence-electron chi connectivity index (χ1n) is 11.5. The highest BCUT2D eigenvalue weighted by molar-refractivity contribution is 7.99. The molecule has 0 bridgehead atoms. The summed E-state index contributed by atoms with van der Waals surface area (Å²) in [4.78, 5) is 21.0. The number of thioether (sulfide) groups is 1. The number of ether oxygens (including phenoxy) is 1. The molecule has 1 saturated heterocycles. The SMILES string of the molecule is Cc1cccnc1Cc1ccc(OC(=O)N2CCC(Sc3nnnn3CCN(C)C)CC2)cc1. The standard InChI is InChI=1S/C24H31N7O2S/c1-18-5-4-12-25-22(18)17-19-6-8-20(9-7-19)33-24(32)30-13-10-21(11-14-30)34-23-26-27-28-31(23)16-15-29(2)3/h4-9,12,21H,10-11,13-17H2,1-3H3. The topological polar surface area (TPSA) is 89.3 Å². The molecule has 1 aliphatic heterocycles. The minimum Gasteiger partial charge on any atom is -0.410 e. The number of likely N-dealkylation sites (N-methyl/N-ethyl adjacent to an activating group) is 1. The Bertz CT molecular complexity index is 1080. The predicted molar refractivity (Wildman–Crippen MR) is 131 cm³/mol. The maximum absolute atomic E-state index is 12.7. The Morgan fingerprint density at radius 3 is 2.65 bits per heavy atom. The normalized spacial score (nSPS) is 14.5. The Labute approximate surface area is 204 Å². The van der Waals surface area contributed by atoms with Gasteiger partial charge in [-0.05, 0) is 73.6 Å². The molecule has 3 heterocycles. The van der Waals surface area contributed by atoms with Crippen molar-refractivity contribution in [1.29, 1.82) is 0 Å². The Kier molecular flexibility index (Phi) is 8.12. The molecule has 0 atom stereocenters. The van der Waals surface area contributed by atoms with Gasteiger partial charge in [0.1, 0.15) is 5.75 Å². The molecule has 1 fully saturated rings. The number of tetrazole rings is 1. The van der Waals surface area contributed by atoms with E-state index in [4.69, 9.17) is 4.74 Å². The lowest BCUT2D eigenvalue weighted by molar-refractivity contribution is 0.143. The van der Waals surface area contributed by atoms with Gasteiger partial charge in [0, 0.05) is 43.2 Å². The van der Waals surface area contributed by atoms with Crippen molar-refractivity contribution in [2.24, 2.45) is 0 Å². The molecule has 2 aromatic heterocycles. The van der Waals surface area contributed by atoms with Crippen LogP contribution in [0.1, 0.15) is 29.7 Å². The molecule has 1 aromatic carbocycles. The van der Waals surface area contributed by atoms with Gasteiger partial charge in [-0.15, -0.1) is 5.10 Å². The lowest BCUT2D eigenvalue weighted by Gasteiger charge is -2.30. The zero-order chi connectivity index (χ0) is 23.9. The third-order valence-electron chi connectivity index (χ3n) is 5.85. The van der Waals surface area contributed by atoms with E-state index in [-0.39, 0.29) is 6.09 Å². The van der Waals surface area contributed by atoms with Crippen molar-refractivity contribution in [2.45, 2.75) is 43.1 Å². The number of hydrogen-bond acceptors (Lipinski definition) is 8. The highest BCUT2D eigenvalue weighted by atomic mass is 32.2. The van der Waals surface area contributed by atoms with Crippen molar-refractivity contribution in [2.75, 3.05) is 33.7 Å². The zero-order valence-electron chi connectivity index (χ0n) is 19.9. The number of piperidine rings is 1. The van der Waals surface area contributed by atoms with E-state index in [2.05, 4.69) is 38.4 Å². The second kappa shape index (κ2) is 11.4. The molecule has 0 saturated carbocycles. The maximum Gasteiger partial charge on any atom is 0.415 e. The van der Waals surface area contributed by atoms with E-state index < -0.39 is 0 Å². The first kappa shape index (κ1) is 24.2. The van der Waals surface area contributed by atoms with E-state index in [9.17, 15) is 4.79 Å². The monoisotopic (exact) mass is 481 g/mol. The average Bonchev–Trinajstić information content (AvgIpc) is 3.27. The van der Waals surface area contributed by atoms with Crippen LogP contribution in [0.5, 0.6) is 5.75 Å². The van der Waals surface area contributed by atoms with Crippen molar-refractivity contribution < 1.29 is 9.53 Å². The summed E-state index contributed by atoms with van der Waals surface area (Å²) < 4.78 is 7.47. The van der Waals surface area contributed by atoms with E-state index in [1.807, 2.05) is 55.3 Å². The molecule has 10 heteroatoms. The second-order valence-corrected chi connectivity index (χ2v) is 10.0. The van der Waals surface area contributed by atoms with Crippen LogP contribution in [0.2, 0.25) is 0 Å². The number of nitrogens with zero attached hydrogens (tertiary/aromatic N) is 7. The molecule has 3 aromatic rings. The molecule has 4 rings (SSSR count). The van der Waals surface area contributed by atoms with Gasteiger partial charge >= 0.3 is 6.09 Å². The van der Waals surface area contributed by atoms with Crippen LogP contribution in [0, 0.1) is 6.92 Å². The predicted octanol–water partition coefficient (Wildman–Crippen LogP) is 3.28. The minimum absolute atomic E-state index is 0.299. The van der Waals surface area contributed by atoms with Crippen LogP contribution in [-0.2, 0) is 13.0 Å². The van der Waals surface area contributed by atoms with Crippen LogP contribution in [0.3, 0.4) is 0 Å². The van der Waals surface area contributed by atoms with Crippen molar-refractivity contribution in [3.8, 4) is 5.75 Å². The van der Waals surface area contributed by atoms with Crippen LogP contribution in [0.4, 0.5) is 4.79 Å². The Balaban J connectivity index is 1.24. The number of aromatic nitrogens is 5. The largest absolute Gasteiger partial charge is 0.415 e. The summed E-state index contributed by atoms with van der Waals surface area (Å²) in [5.41, 5.74) is 3.36. The summed E-state index contributed by atoms with van der Waals surface area (Å²) in [6.07, 6.45) is 4.02. The van der Waals surface area contributed by atoms with Gasteiger partial charge in [-0.1, -0.05) is 30.0 Å². The van der Waals surface area contributed by atoms with Crippen molar-refractivity contribution in [3.05, 3.63) is 59.4 Å². The zero-order valence-corrected chi connectivity index (χ0v) is 20.7. The Morgan fingerprint density at radius 1 is 1.18 bits per heavy atom. The number of aryl methyl sites for hydroxylation is 1. The van der Waals surface area contributed by atoms with E-state index in [1.54, 1.807) is 16.7 Å². The van der Waals surface area contributed by atoms with Gasteiger partial charge in [-0.3, -0.25) is 4.98 Å². The van der Waals surface area contributed by atoms with E-state index >= 15 is 0 Å². The number of pyridine rings is 1. The minimum atomic E-state index is -0.299. The van der Waals surface area contributed by atoms with Crippen molar-refractivity contribution in [3.63, 3.8) is 0 Å². The molecular weight excluding hydrogens is 450 g/mol.